The van der Waals surface area contributed by atoms with Gasteiger partial charge in [-0.25, -0.2) is 0 Å². The molecule has 2 aromatic heterocycles. The van der Waals surface area contributed by atoms with Crippen LogP contribution in [0.2, 0.25) is 0 Å². The summed E-state index contributed by atoms with van der Waals surface area (Å²) >= 11 is 0. The molecule has 61 heavy (non-hydrogen) atoms. The molecule has 0 saturated heterocycles. The van der Waals surface area contributed by atoms with E-state index in [2.05, 4.69) is 200 Å². The molecule has 9 aromatic carbocycles. The fourth-order valence-electron chi connectivity index (χ4n) is 10.4. The molecule has 0 radical (unpaired) electrons. The molecule has 2 heteroatoms. The molecule has 2 nitrogen and oxygen atoms in total. The van der Waals surface area contributed by atoms with Gasteiger partial charge in [0, 0.05) is 38.1 Å². The number of para-hydroxylation sites is 3. The van der Waals surface area contributed by atoms with Crippen LogP contribution in [-0.4, -0.2) is 9.55 Å². The van der Waals surface area contributed by atoms with Gasteiger partial charge in [0.2, 0.25) is 0 Å². The quantitative estimate of drug-likeness (QED) is 0.184. The molecule has 0 amide bonds. The molecule has 2 aliphatic carbocycles. The first kappa shape index (κ1) is 35.3. The maximum Gasteiger partial charge on any atom is 0.0547 e. The highest BCUT2D eigenvalue weighted by molar-refractivity contribution is 6.19. The SMILES string of the molecule is C=c1[nH]c2ccccc2c1=C.CC1(C)c2ccc(-c3ccc4c5ccccc5n(-c5ccccc5)c4c3)cc2-c2cc(-c3ccc4c5c(cccc35)-c3ccccc3-4)ccc21. The third-order valence-corrected chi connectivity index (χ3v) is 13.5. The second-order valence-electron chi connectivity index (χ2n) is 17.1. The summed E-state index contributed by atoms with van der Waals surface area (Å²) in [5.41, 5.74) is 20.5. The Kier molecular flexibility index (Phi) is 7.61. The average Bonchev–Trinajstić information content (AvgIpc) is 3.98. The number of benzene rings is 9. The van der Waals surface area contributed by atoms with E-state index in [1.165, 1.54) is 105 Å². The smallest absolute Gasteiger partial charge is 0.0547 e. The van der Waals surface area contributed by atoms with Crippen molar-refractivity contribution in [2.75, 3.05) is 0 Å². The number of H-pyrrole nitrogens is 1. The normalized spacial score (nSPS) is 13.0. The van der Waals surface area contributed by atoms with Crippen LogP contribution < -0.4 is 10.6 Å². The van der Waals surface area contributed by atoms with Gasteiger partial charge in [0.15, 0.2) is 0 Å². The summed E-state index contributed by atoms with van der Waals surface area (Å²) in [7, 11) is 0. The fraction of sp³-hybridized carbons (Fsp3) is 0.0508. The topological polar surface area (TPSA) is 20.7 Å². The van der Waals surface area contributed by atoms with Gasteiger partial charge in [0.25, 0.3) is 0 Å². The first-order valence-corrected chi connectivity index (χ1v) is 21.1. The van der Waals surface area contributed by atoms with E-state index >= 15 is 0 Å². The Balaban J connectivity index is 0.000000315. The minimum Gasteiger partial charge on any atom is -0.355 e. The van der Waals surface area contributed by atoms with Gasteiger partial charge in [-0.1, -0.05) is 173 Å². The minimum absolute atomic E-state index is 0.0743. The van der Waals surface area contributed by atoms with E-state index in [-0.39, 0.29) is 5.41 Å². The van der Waals surface area contributed by atoms with E-state index < -0.39 is 0 Å². The van der Waals surface area contributed by atoms with Crippen molar-refractivity contribution in [2.24, 2.45) is 0 Å². The van der Waals surface area contributed by atoms with Crippen LogP contribution in [0.5, 0.6) is 0 Å². The summed E-state index contributed by atoms with van der Waals surface area (Å²) in [5.74, 6) is 0. The Morgan fingerprint density at radius 2 is 0.967 bits per heavy atom. The number of nitrogens with one attached hydrogen (secondary N) is 1. The van der Waals surface area contributed by atoms with Gasteiger partial charge in [0.05, 0.1) is 11.0 Å². The predicted octanol–water partition coefficient (Wildman–Crippen LogP) is 14.2. The molecule has 0 aliphatic heterocycles. The van der Waals surface area contributed by atoms with E-state index in [0.29, 0.717) is 0 Å². The Morgan fingerprint density at radius 3 is 1.74 bits per heavy atom. The molecule has 0 bridgehead atoms. The first-order chi connectivity index (χ1) is 29.8. The highest BCUT2D eigenvalue weighted by atomic mass is 15.0. The molecule has 288 valence electrons. The molecule has 0 fully saturated rings. The standard InChI is InChI=1S/C49H33N.C10H9N/c1-49(2)44-25-20-30(31-19-22-38-37-15-8-9-18-46(37)50(47(38)29-31)33-11-4-3-5-12-33)27-42(44)43-28-32(21-26-45(43)49)34-23-24-41-36-14-7-6-13-35(36)40-17-10-16-39(34)48(40)41;1-7-8(2)11-10-6-4-3-5-9(7)10/h3-29H,1-2H3;3-6,11H,1-2H2. The van der Waals surface area contributed by atoms with Crippen molar-refractivity contribution < 1.29 is 0 Å². The van der Waals surface area contributed by atoms with Crippen LogP contribution >= 0.6 is 0 Å². The second-order valence-corrected chi connectivity index (χ2v) is 17.1. The number of rotatable bonds is 3. The second kappa shape index (κ2) is 13.2. The third kappa shape index (κ3) is 5.22. The van der Waals surface area contributed by atoms with Crippen LogP contribution in [0.4, 0.5) is 0 Å². The summed E-state index contributed by atoms with van der Waals surface area (Å²) in [6, 6.07) is 69.1. The summed E-state index contributed by atoms with van der Waals surface area (Å²) in [4.78, 5) is 3.15. The summed E-state index contributed by atoms with van der Waals surface area (Å²) in [5, 5.41) is 8.33. The van der Waals surface area contributed by atoms with Crippen molar-refractivity contribution in [2.45, 2.75) is 19.3 Å². The van der Waals surface area contributed by atoms with Gasteiger partial charge in [-0.2, -0.15) is 0 Å². The number of fused-ring (bicyclic) bond motifs is 10. The van der Waals surface area contributed by atoms with Crippen molar-refractivity contribution in [3.05, 3.63) is 210 Å². The zero-order valence-electron chi connectivity index (χ0n) is 34.3. The van der Waals surface area contributed by atoms with Gasteiger partial charge in [-0.3, -0.25) is 0 Å². The Hall–Kier alpha value is -7.68. The summed E-state index contributed by atoms with van der Waals surface area (Å²) in [6.45, 7) is 12.5. The molecule has 0 spiro atoms. The van der Waals surface area contributed by atoms with Crippen LogP contribution in [0.25, 0.3) is 118 Å². The van der Waals surface area contributed by atoms with Crippen LogP contribution in [0.3, 0.4) is 0 Å². The summed E-state index contributed by atoms with van der Waals surface area (Å²) in [6.07, 6.45) is 0. The minimum atomic E-state index is -0.0743. The molecule has 13 rings (SSSR count). The Morgan fingerprint density at radius 1 is 0.410 bits per heavy atom. The molecular weight excluding hydrogens is 737 g/mol. The monoisotopic (exact) mass is 778 g/mol. The fourth-order valence-corrected chi connectivity index (χ4v) is 10.4. The largest absolute Gasteiger partial charge is 0.355 e. The zero-order chi connectivity index (χ0) is 41.0. The highest BCUT2D eigenvalue weighted by Gasteiger charge is 2.36. The van der Waals surface area contributed by atoms with Crippen molar-refractivity contribution in [3.63, 3.8) is 0 Å². The van der Waals surface area contributed by atoms with Crippen LogP contribution in [0.15, 0.2) is 188 Å². The molecule has 0 atom stereocenters. The average molecular weight is 779 g/mol. The summed E-state index contributed by atoms with van der Waals surface area (Å²) < 4.78 is 2.41. The molecule has 11 aromatic rings. The van der Waals surface area contributed by atoms with Crippen LogP contribution in [-0.2, 0) is 5.41 Å². The van der Waals surface area contributed by atoms with Crippen molar-refractivity contribution >= 4 is 56.6 Å². The maximum atomic E-state index is 3.91. The van der Waals surface area contributed by atoms with E-state index in [1.807, 2.05) is 24.3 Å². The third-order valence-electron chi connectivity index (χ3n) is 13.5. The van der Waals surface area contributed by atoms with Crippen LogP contribution in [0.1, 0.15) is 25.0 Å². The predicted molar refractivity (Wildman–Crippen MR) is 260 cm³/mol. The van der Waals surface area contributed by atoms with Gasteiger partial charge in [-0.15, -0.1) is 0 Å². The molecule has 2 heterocycles. The lowest BCUT2D eigenvalue weighted by Crippen LogP contribution is -2.18. The maximum absolute atomic E-state index is 3.91. The lowest BCUT2D eigenvalue weighted by Gasteiger charge is -2.22. The van der Waals surface area contributed by atoms with Gasteiger partial charge in [-0.05, 0) is 125 Å². The van der Waals surface area contributed by atoms with E-state index in [1.54, 1.807) is 0 Å². The van der Waals surface area contributed by atoms with E-state index in [0.717, 1.165) is 21.5 Å². The van der Waals surface area contributed by atoms with Crippen molar-refractivity contribution in [1.82, 2.24) is 9.55 Å². The number of hydrogen-bond donors (Lipinski definition) is 1. The Labute approximate surface area is 355 Å². The van der Waals surface area contributed by atoms with Crippen LogP contribution in [0, 0.1) is 0 Å². The molecule has 0 saturated carbocycles. The molecule has 0 unspecified atom stereocenters. The van der Waals surface area contributed by atoms with Gasteiger partial charge >= 0.3 is 0 Å². The highest BCUT2D eigenvalue weighted by Crippen LogP contribution is 2.53. The van der Waals surface area contributed by atoms with Gasteiger partial charge in [0.1, 0.15) is 0 Å². The van der Waals surface area contributed by atoms with Crippen molar-refractivity contribution in [1.29, 1.82) is 0 Å². The molecule has 2 aliphatic rings. The number of nitrogens with zero attached hydrogens (tertiary/aromatic N) is 1. The first-order valence-electron chi connectivity index (χ1n) is 21.1. The lowest BCUT2D eigenvalue weighted by atomic mass is 9.81. The number of aromatic amines is 1. The number of aromatic nitrogens is 2. The van der Waals surface area contributed by atoms with Crippen molar-refractivity contribution in [3.8, 4) is 61.3 Å². The molecular formula is C59H42N2. The zero-order valence-corrected chi connectivity index (χ0v) is 34.3. The molecule has 1 N–H and O–H groups in total. The lowest BCUT2D eigenvalue weighted by molar-refractivity contribution is 0.660. The van der Waals surface area contributed by atoms with E-state index in [9.17, 15) is 0 Å². The number of hydrogen-bond acceptors (Lipinski definition) is 0. The van der Waals surface area contributed by atoms with E-state index in [4.69, 9.17) is 0 Å². The van der Waals surface area contributed by atoms with Gasteiger partial charge < -0.3 is 9.55 Å². The Bertz CT molecular complexity index is 3680.